The molecule has 0 radical (unpaired) electrons. The fraction of sp³-hybridized carbons (Fsp3) is 0.917. The average Bonchev–Trinajstić information content (AvgIpc) is 2.55. The molecule has 174 valence electrons. The molecule has 0 saturated heterocycles. The Balaban J connectivity index is 5.53. The molecule has 29 heavy (non-hydrogen) atoms. The standard InChI is InChI=1S/C24H52O3Si2/c1-13-14-15-16-21(26-29(11,12)23(3,4)5)18-17-20(2)22(24(6,7)19-25)27-28(8,9)10/h17,21-22,25H,13-16,18-19H2,1-12H3/b20-17+/t21-,22-/m1/s1. The van der Waals surface area contributed by atoms with Gasteiger partial charge < -0.3 is 14.0 Å². The third-order valence-electron chi connectivity index (χ3n) is 6.10. The van der Waals surface area contributed by atoms with E-state index in [9.17, 15) is 5.11 Å². The molecule has 0 aliphatic rings. The first-order chi connectivity index (χ1) is 13.0. The summed E-state index contributed by atoms with van der Waals surface area (Å²) < 4.78 is 13.3. The van der Waals surface area contributed by atoms with Crippen molar-refractivity contribution in [3.8, 4) is 0 Å². The molecule has 0 fully saturated rings. The summed E-state index contributed by atoms with van der Waals surface area (Å²) in [5, 5.41) is 10.2. The smallest absolute Gasteiger partial charge is 0.192 e. The fourth-order valence-electron chi connectivity index (χ4n) is 3.17. The number of aliphatic hydroxyl groups excluding tert-OH is 1. The Morgan fingerprint density at radius 1 is 0.966 bits per heavy atom. The van der Waals surface area contributed by atoms with Crippen LogP contribution in [-0.2, 0) is 8.85 Å². The lowest BCUT2D eigenvalue weighted by Gasteiger charge is -2.40. The Kier molecular flexibility index (Phi) is 11.6. The molecule has 0 amide bonds. The maximum absolute atomic E-state index is 9.96. The van der Waals surface area contributed by atoms with Gasteiger partial charge in [-0.15, -0.1) is 0 Å². The van der Waals surface area contributed by atoms with E-state index in [0.29, 0.717) is 0 Å². The zero-order valence-electron chi connectivity index (χ0n) is 21.7. The Hall–Kier alpha value is 0.0538. The van der Waals surface area contributed by atoms with Crippen molar-refractivity contribution in [2.24, 2.45) is 5.41 Å². The predicted molar refractivity (Wildman–Crippen MR) is 134 cm³/mol. The van der Waals surface area contributed by atoms with Crippen molar-refractivity contribution < 1.29 is 14.0 Å². The van der Waals surface area contributed by atoms with E-state index in [1.165, 1.54) is 24.8 Å². The molecule has 2 atom stereocenters. The van der Waals surface area contributed by atoms with Gasteiger partial charge in [0, 0.05) is 11.5 Å². The summed E-state index contributed by atoms with van der Waals surface area (Å²) in [4.78, 5) is 0. The summed E-state index contributed by atoms with van der Waals surface area (Å²) in [6.07, 6.45) is 8.30. The van der Waals surface area contributed by atoms with E-state index in [0.717, 1.165) is 12.8 Å². The van der Waals surface area contributed by atoms with Crippen LogP contribution < -0.4 is 0 Å². The normalized spacial score (nSPS) is 16.8. The highest BCUT2D eigenvalue weighted by molar-refractivity contribution is 6.74. The largest absolute Gasteiger partial charge is 0.414 e. The van der Waals surface area contributed by atoms with Crippen LogP contribution in [0.1, 0.15) is 80.6 Å². The van der Waals surface area contributed by atoms with Crippen molar-refractivity contribution >= 4 is 16.6 Å². The Bertz CT molecular complexity index is 499. The van der Waals surface area contributed by atoms with E-state index in [1.807, 2.05) is 0 Å². The second-order valence-corrected chi connectivity index (χ2v) is 21.2. The van der Waals surface area contributed by atoms with Crippen LogP contribution in [0.4, 0.5) is 0 Å². The van der Waals surface area contributed by atoms with Crippen LogP contribution >= 0.6 is 0 Å². The van der Waals surface area contributed by atoms with E-state index in [4.69, 9.17) is 8.85 Å². The summed E-state index contributed by atoms with van der Waals surface area (Å²) in [5.74, 6) is 0. The molecular formula is C24H52O3Si2. The molecule has 0 unspecified atom stereocenters. The first-order valence-electron chi connectivity index (χ1n) is 11.6. The maximum atomic E-state index is 9.96. The lowest BCUT2D eigenvalue weighted by molar-refractivity contribution is 0.0420. The van der Waals surface area contributed by atoms with E-state index in [1.54, 1.807) is 0 Å². The number of hydrogen-bond acceptors (Lipinski definition) is 3. The number of unbranched alkanes of at least 4 members (excludes halogenated alkanes) is 2. The van der Waals surface area contributed by atoms with Crippen LogP contribution in [0.15, 0.2) is 11.6 Å². The molecule has 0 spiro atoms. The van der Waals surface area contributed by atoms with Crippen molar-refractivity contribution in [3.05, 3.63) is 11.6 Å². The van der Waals surface area contributed by atoms with Gasteiger partial charge in [-0.25, -0.2) is 0 Å². The van der Waals surface area contributed by atoms with Crippen molar-refractivity contribution in [2.45, 2.75) is 131 Å². The molecule has 0 saturated carbocycles. The lowest BCUT2D eigenvalue weighted by Crippen LogP contribution is -2.44. The van der Waals surface area contributed by atoms with Gasteiger partial charge in [0.2, 0.25) is 0 Å². The Morgan fingerprint density at radius 3 is 1.93 bits per heavy atom. The van der Waals surface area contributed by atoms with Crippen LogP contribution in [0, 0.1) is 5.41 Å². The zero-order chi connectivity index (χ0) is 23.1. The summed E-state index contributed by atoms with van der Waals surface area (Å²) in [5.41, 5.74) is 0.935. The topological polar surface area (TPSA) is 38.7 Å². The van der Waals surface area contributed by atoms with Gasteiger partial charge in [0.25, 0.3) is 0 Å². The average molecular weight is 445 g/mol. The van der Waals surface area contributed by atoms with Crippen molar-refractivity contribution in [1.29, 1.82) is 0 Å². The highest BCUT2D eigenvalue weighted by Gasteiger charge is 2.39. The molecular weight excluding hydrogens is 392 g/mol. The molecule has 0 aliphatic carbocycles. The van der Waals surface area contributed by atoms with Gasteiger partial charge in [0.05, 0.1) is 12.7 Å². The minimum absolute atomic E-state index is 0.0525. The molecule has 0 aromatic heterocycles. The van der Waals surface area contributed by atoms with Gasteiger partial charge in [-0.2, -0.15) is 0 Å². The lowest BCUT2D eigenvalue weighted by atomic mass is 9.83. The molecule has 0 bridgehead atoms. The highest BCUT2D eigenvalue weighted by atomic mass is 28.4. The van der Waals surface area contributed by atoms with Crippen LogP contribution in [0.25, 0.3) is 0 Å². The summed E-state index contributed by atoms with van der Waals surface area (Å²) in [6.45, 7) is 27.0. The van der Waals surface area contributed by atoms with Gasteiger partial charge in [-0.1, -0.05) is 66.9 Å². The molecule has 0 heterocycles. The molecule has 0 aromatic carbocycles. The van der Waals surface area contributed by atoms with Gasteiger partial charge in [-0.05, 0) is 63.1 Å². The summed E-state index contributed by atoms with van der Waals surface area (Å²) in [6, 6.07) is 0. The van der Waals surface area contributed by atoms with Crippen LogP contribution in [0.2, 0.25) is 37.8 Å². The van der Waals surface area contributed by atoms with Crippen LogP contribution in [-0.4, -0.2) is 40.6 Å². The van der Waals surface area contributed by atoms with Gasteiger partial charge >= 0.3 is 0 Å². The molecule has 5 heteroatoms. The van der Waals surface area contributed by atoms with Gasteiger partial charge in [0.1, 0.15) is 0 Å². The minimum Gasteiger partial charge on any atom is -0.414 e. The first kappa shape index (κ1) is 29.1. The zero-order valence-corrected chi connectivity index (χ0v) is 23.7. The summed E-state index contributed by atoms with van der Waals surface area (Å²) in [7, 11) is -3.53. The quantitative estimate of drug-likeness (QED) is 0.181. The van der Waals surface area contributed by atoms with E-state index < -0.39 is 16.6 Å². The molecule has 0 aliphatic heterocycles. The van der Waals surface area contributed by atoms with Crippen molar-refractivity contribution in [2.75, 3.05) is 6.61 Å². The maximum Gasteiger partial charge on any atom is 0.192 e. The van der Waals surface area contributed by atoms with Crippen LogP contribution in [0.5, 0.6) is 0 Å². The third kappa shape index (κ3) is 10.8. The van der Waals surface area contributed by atoms with E-state index >= 15 is 0 Å². The molecule has 3 nitrogen and oxygen atoms in total. The number of aliphatic hydroxyl groups is 1. The second-order valence-electron chi connectivity index (χ2n) is 11.9. The van der Waals surface area contributed by atoms with Gasteiger partial charge in [0.15, 0.2) is 16.6 Å². The fourth-order valence-corrected chi connectivity index (χ4v) is 5.78. The van der Waals surface area contributed by atoms with Gasteiger partial charge in [-0.3, -0.25) is 0 Å². The predicted octanol–water partition coefficient (Wildman–Crippen LogP) is 7.53. The SMILES string of the molecule is CCCCC[C@H](C/C=C(\C)[C@@H](O[Si](C)(C)C)C(C)(C)CO)O[Si](C)(C)C(C)(C)C. The van der Waals surface area contributed by atoms with E-state index in [-0.39, 0.29) is 29.3 Å². The third-order valence-corrected chi connectivity index (χ3v) is 11.6. The molecule has 0 aromatic rings. The second kappa shape index (κ2) is 11.6. The Labute approximate surface area is 184 Å². The van der Waals surface area contributed by atoms with E-state index in [2.05, 4.69) is 87.3 Å². The monoisotopic (exact) mass is 444 g/mol. The highest BCUT2D eigenvalue weighted by Crippen LogP contribution is 2.38. The molecule has 0 rings (SSSR count). The summed E-state index contributed by atoms with van der Waals surface area (Å²) >= 11 is 0. The first-order valence-corrected chi connectivity index (χ1v) is 17.9. The van der Waals surface area contributed by atoms with Crippen molar-refractivity contribution in [1.82, 2.24) is 0 Å². The number of rotatable bonds is 13. The Morgan fingerprint density at radius 2 is 1.52 bits per heavy atom. The minimum atomic E-state index is -1.80. The van der Waals surface area contributed by atoms with Crippen LogP contribution in [0.3, 0.4) is 0 Å². The van der Waals surface area contributed by atoms with Crippen molar-refractivity contribution in [3.63, 3.8) is 0 Å². The molecule has 1 N–H and O–H groups in total. The number of hydrogen-bond donors (Lipinski definition) is 1.